The predicted molar refractivity (Wildman–Crippen MR) is 191 cm³/mol. The molecule has 0 aromatic heterocycles. The number of nitrogens with one attached hydrogen (secondary N) is 1. The average molecular weight is 735 g/mol. The summed E-state index contributed by atoms with van der Waals surface area (Å²) in [7, 11) is 1.65. The van der Waals surface area contributed by atoms with Crippen molar-refractivity contribution < 1.29 is 42.1 Å². The van der Waals surface area contributed by atoms with Crippen LogP contribution in [0.4, 0.5) is 13.2 Å². The van der Waals surface area contributed by atoms with Crippen molar-refractivity contribution in [2.24, 2.45) is 5.92 Å². The molecule has 2 heterocycles. The van der Waals surface area contributed by atoms with E-state index in [9.17, 15) is 27.9 Å². The fraction of sp³-hybridized carbons (Fsp3) is 0.350. The van der Waals surface area contributed by atoms with E-state index in [1.165, 1.54) is 0 Å². The number of rotatable bonds is 11. The molecule has 2 saturated heterocycles. The lowest BCUT2D eigenvalue weighted by atomic mass is 9.91. The minimum atomic E-state index is -5.03. The number of para-hydroxylation sites is 1. The van der Waals surface area contributed by atoms with Gasteiger partial charge in [0, 0.05) is 35.2 Å². The molecule has 8 nitrogen and oxygen atoms in total. The fourth-order valence-electron chi connectivity index (χ4n) is 6.74. The summed E-state index contributed by atoms with van der Waals surface area (Å²) in [6.07, 6.45) is -5.65. The number of hydrogen-bond acceptors (Lipinski definition) is 7. The van der Waals surface area contributed by atoms with Gasteiger partial charge >= 0.3 is 12.1 Å². The molecule has 0 spiro atoms. The van der Waals surface area contributed by atoms with Crippen molar-refractivity contribution in [2.45, 2.75) is 68.5 Å². The van der Waals surface area contributed by atoms with Crippen LogP contribution in [-0.2, 0) is 32.2 Å². The van der Waals surface area contributed by atoms with Crippen molar-refractivity contribution in [1.82, 2.24) is 10.2 Å². The number of nitrogens with zero attached hydrogens (tertiary/aromatic N) is 1. The highest BCUT2D eigenvalue weighted by Gasteiger charge is 2.47. The number of hydrogen-bond donors (Lipinski definition) is 2. The van der Waals surface area contributed by atoms with Crippen molar-refractivity contribution >= 4 is 23.6 Å². The van der Waals surface area contributed by atoms with Gasteiger partial charge in [0.05, 0.1) is 25.9 Å². The van der Waals surface area contributed by atoms with Crippen LogP contribution in [-0.4, -0.2) is 59.6 Å². The van der Waals surface area contributed by atoms with Gasteiger partial charge < -0.3 is 29.5 Å². The first kappa shape index (κ1) is 37.4. The molecule has 0 unspecified atom stereocenters. The minimum Gasteiger partial charge on any atom is -0.496 e. The topological polar surface area (TPSA) is 97.3 Å². The second kappa shape index (κ2) is 16.5. The zero-order valence-corrected chi connectivity index (χ0v) is 29.7. The Hall–Kier alpha value is -4.36. The summed E-state index contributed by atoms with van der Waals surface area (Å²) in [6, 6.07) is 29.7. The highest BCUT2D eigenvalue weighted by molar-refractivity contribution is 7.99. The van der Waals surface area contributed by atoms with Crippen LogP contribution in [0, 0.1) is 5.92 Å². The van der Waals surface area contributed by atoms with Crippen LogP contribution in [0.3, 0.4) is 0 Å². The molecule has 0 radical (unpaired) electrons. The number of aliphatic hydroxyl groups excluding tert-OH is 1. The number of halogens is 3. The van der Waals surface area contributed by atoms with E-state index in [1.807, 2.05) is 97.1 Å². The maximum absolute atomic E-state index is 13.1. The van der Waals surface area contributed by atoms with Crippen molar-refractivity contribution in [3.05, 3.63) is 119 Å². The summed E-state index contributed by atoms with van der Waals surface area (Å²) >= 11 is 1.66. The number of benzene rings is 4. The molecule has 2 fully saturated rings. The molecule has 4 aromatic carbocycles. The molecule has 5 atom stereocenters. The third-order valence-corrected chi connectivity index (χ3v) is 10.8. The lowest BCUT2D eigenvalue weighted by Crippen LogP contribution is -2.50. The quantitative estimate of drug-likeness (QED) is 0.153. The van der Waals surface area contributed by atoms with Gasteiger partial charge in [0.2, 0.25) is 5.91 Å². The monoisotopic (exact) mass is 734 g/mol. The summed E-state index contributed by atoms with van der Waals surface area (Å²) in [5.74, 6) is -1.14. The fourth-order valence-corrected chi connectivity index (χ4v) is 7.94. The number of ether oxygens (including phenoxy) is 3. The summed E-state index contributed by atoms with van der Waals surface area (Å²) in [5, 5.41) is 12.3. The van der Waals surface area contributed by atoms with Gasteiger partial charge in [-0.05, 0) is 52.8 Å². The smallest absolute Gasteiger partial charge is 0.471 e. The molecule has 2 aliphatic rings. The lowest BCUT2D eigenvalue weighted by molar-refractivity contribution is -0.268. The lowest BCUT2D eigenvalue weighted by Gasteiger charge is -2.41. The molecule has 0 saturated carbocycles. The van der Waals surface area contributed by atoms with Crippen LogP contribution in [0.25, 0.3) is 11.1 Å². The average Bonchev–Trinajstić information content (AvgIpc) is 3.66. The SMILES string of the molecule is COc1ccccc1SC[C@@H]1O[C@H](c2ccc(-c3ccccc3CNC(=O)[C@@H]3CCCN3C(=O)C(F)(F)F)cc2)O[C@H](c2ccc(CO)cc2)[C@@H]1C. The zero-order chi connectivity index (χ0) is 36.8. The van der Waals surface area contributed by atoms with Gasteiger partial charge in [-0.1, -0.05) is 91.9 Å². The van der Waals surface area contributed by atoms with Crippen molar-refractivity contribution in [1.29, 1.82) is 0 Å². The highest BCUT2D eigenvalue weighted by Crippen LogP contribution is 2.44. The van der Waals surface area contributed by atoms with Crippen molar-refractivity contribution in [3.8, 4) is 16.9 Å². The molecule has 12 heteroatoms. The molecule has 2 aliphatic heterocycles. The Labute approximate surface area is 305 Å². The number of carbonyl (C=O) groups is 2. The Morgan fingerprint density at radius 1 is 0.942 bits per heavy atom. The maximum atomic E-state index is 13.1. The Kier molecular flexibility index (Phi) is 11.9. The molecule has 52 heavy (non-hydrogen) atoms. The van der Waals surface area contributed by atoms with Crippen LogP contribution in [0.15, 0.2) is 102 Å². The van der Waals surface area contributed by atoms with Gasteiger partial charge in [-0.15, -0.1) is 11.8 Å². The number of likely N-dealkylation sites (tertiary alicyclic amines) is 1. The molecule has 6 rings (SSSR count). The second-order valence-corrected chi connectivity index (χ2v) is 14.0. The third kappa shape index (κ3) is 8.47. The number of alkyl halides is 3. The summed E-state index contributed by atoms with van der Waals surface area (Å²) < 4.78 is 58.2. The molecule has 2 amide bonds. The molecule has 0 aliphatic carbocycles. The molecule has 0 bridgehead atoms. The van der Waals surface area contributed by atoms with E-state index in [0.29, 0.717) is 17.1 Å². The van der Waals surface area contributed by atoms with E-state index in [-0.39, 0.29) is 44.2 Å². The van der Waals surface area contributed by atoms with Gasteiger partial charge in [0.15, 0.2) is 6.29 Å². The van der Waals surface area contributed by atoms with E-state index in [2.05, 4.69) is 12.2 Å². The maximum Gasteiger partial charge on any atom is 0.471 e. The molecular formula is C40H41F3N2O6S. The Balaban J connectivity index is 1.19. The van der Waals surface area contributed by atoms with Crippen LogP contribution < -0.4 is 10.1 Å². The molecule has 2 N–H and O–H groups in total. The van der Waals surface area contributed by atoms with Gasteiger partial charge in [0.25, 0.3) is 0 Å². The Morgan fingerprint density at radius 2 is 1.63 bits per heavy atom. The van der Waals surface area contributed by atoms with E-state index in [4.69, 9.17) is 14.2 Å². The first-order valence-corrected chi connectivity index (χ1v) is 18.2. The van der Waals surface area contributed by atoms with Gasteiger partial charge in [-0.25, -0.2) is 0 Å². The number of aliphatic hydroxyl groups is 1. The Morgan fingerprint density at radius 3 is 2.35 bits per heavy atom. The number of thioether (sulfide) groups is 1. The van der Waals surface area contributed by atoms with Gasteiger partial charge in [0.1, 0.15) is 11.8 Å². The normalized spacial score (nSPS) is 21.9. The van der Waals surface area contributed by atoms with E-state index >= 15 is 0 Å². The summed E-state index contributed by atoms with van der Waals surface area (Å²) in [6.45, 7) is 2.04. The van der Waals surface area contributed by atoms with Gasteiger partial charge in [-0.2, -0.15) is 13.2 Å². The minimum absolute atomic E-state index is 0.00249. The van der Waals surface area contributed by atoms with E-state index in [0.717, 1.165) is 44.0 Å². The van der Waals surface area contributed by atoms with Crippen LogP contribution in [0.2, 0.25) is 0 Å². The number of carbonyl (C=O) groups excluding carboxylic acids is 2. The van der Waals surface area contributed by atoms with Crippen LogP contribution in [0.5, 0.6) is 5.75 Å². The summed E-state index contributed by atoms with van der Waals surface area (Å²) in [4.78, 5) is 26.5. The first-order chi connectivity index (χ1) is 25.1. The zero-order valence-electron chi connectivity index (χ0n) is 28.8. The van der Waals surface area contributed by atoms with Crippen molar-refractivity contribution in [2.75, 3.05) is 19.4 Å². The van der Waals surface area contributed by atoms with E-state index < -0.39 is 30.3 Å². The van der Waals surface area contributed by atoms with Gasteiger partial charge in [-0.3, -0.25) is 9.59 Å². The number of amides is 2. The molecule has 274 valence electrons. The summed E-state index contributed by atoms with van der Waals surface area (Å²) in [5.41, 5.74) is 5.11. The predicted octanol–water partition coefficient (Wildman–Crippen LogP) is 7.61. The highest BCUT2D eigenvalue weighted by atomic mass is 32.2. The molecule has 4 aromatic rings. The van der Waals surface area contributed by atoms with Crippen LogP contribution >= 0.6 is 11.8 Å². The second-order valence-electron chi connectivity index (χ2n) is 12.9. The van der Waals surface area contributed by atoms with E-state index in [1.54, 1.807) is 18.9 Å². The largest absolute Gasteiger partial charge is 0.496 e. The first-order valence-electron chi connectivity index (χ1n) is 17.2. The third-order valence-electron chi connectivity index (χ3n) is 9.62. The molecular weight excluding hydrogens is 694 g/mol. The van der Waals surface area contributed by atoms with Crippen LogP contribution in [0.1, 0.15) is 54.4 Å². The number of methoxy groups -OCH3 is 1. The standard InChI is InChI=1S/C40H41F3N2O6S/c1-25-34(24-52-35-12-6-5-11-33(35)49-2)50-38(51-36(25)28-15-13-26(23-46)14-16-28)29-19-17-27(18-20-29)31-9-4-3-8-30(31)22-44-37(47)32-10-7-21-45(32)39(48)40(41,42)43/h3-6,8-9,11-20,25,32,34,36,38,46H,7,10,21-24H2,1-2H3,(H,44,47)/t25-,32+,34+,36+,38+/m1/s1. The Bertz CT molecular complexity index is 1840. The van der Waals surface area contributed by atoms with Crippen molar-refractivity contribution in [3.63, 3.8) is 0 Å².